The lowest BCUT2D eigenvalue weighted by atomic mass is 9.97. The van der Waals surface area contributed by atoms with Crippen molar-refractivity contribution < 1.29 is 9.53 Å². The van der Waals surface area contributed by atoms with Gasteiger partial charge >= 0.3 is 0 Å². The van der Waals surface area contributed by atoms with Gasteiger partial charge in [0.15, 0.2) is 11.5 Å². The van der Waals surface area contributed by atoms with Crippen LogP contribution in [-0.4, -0.2) is 11.9 Å². The second-order valence-corrected chi connectivity index (χ2v) is 4.40. The van der Waals surface area contributed by atoms with E-state index >= 15 is 0 Å². The Kier molecular flexibility index (Phi) is 3.24. The standard InChI is InChI=1S/C13H18O2/c1-10-6-5-9-12(14)13(10)15-11-7-3-2-4-8-11/h3,7,11H,2,4-6,8-9H2,1H3/t11-/m0/s1. The van der Waals surface area contributed by atoms with Crippen molar-refractivity contribution >= 4 is 5.78 Å². The number of allylic oxidation sites excluding steroid dienone is 3. The van der Waals surface area contributed by atoms with Crippen molar-refractivity contribution in [3.8, 4) is 0 Å². The van der Waals surface area contributed by atoms with Gasteiger partial charge in [0, 0.05) is 6.42 Å². The lowest BCUT2D eigenvalue weighted by Crippen LogP contribution is -2.20. The molecule has 2 aliphatic carbocycles. The Morgan fingerprint density at radius 2 is 2.20 bits per heavy atom. The number of carbonyl (C=O) groups is 1. The monoisotopic (exact) mass is 206 g/mol. The Balaban J connectivity index is 2.05. The number of rotatable bonds is 2. The highest BCUT2D eigenvalue weighted by molar-refractivity contribution is 5.94. The summed E-state index contributed by atoms with van der Waals surface area (Å²) >= 11 is 0. The van der Waals surface area contributed by atoms with E-state index in [2.05, 4.69) is 12.2 Å². The third kappa shape index (κ3) is 2.49. The highest BCUT2D eigenvalue weighted by Gasteiger charge is 2.22. The highest BCUT2D eigenvalue weighted by atomic mass is 16.5. The van der Waals surface area contributed by atoms with Crippen molar-refractivity contribution in [1.29, 1.82) is 0 Å². The van der Waals surface area contributed by atoms with Gasteiger partial charge in [0.25, 0.3) is 0 Å². The molecule has 0 aromatic rings. The zero-order chi connectivity index (χ0) is 10.7. The number of hydrogen-bond donors (Lipinski definition) is 0. The molecule has 0 bridgehead atoms. The van der Waals surface area contributed by atoms with E-state index in [1.807, 2.05) is 6.92 Å². The summed E-state index contributed by atoms with van der Waals surface area (Å²) in [5.74, 6) is 0.843. The van der Waals surface area contributed by atoms with Crippen LogP contribution in [0, 0.1) is 0 Å². The van der Waals surface area contributed by atoms with E-state index in [1.54, 1.807) is 0 Å². The predicted molar refractivity (Wildman–Crippen MR) is 59.4 cm³/mol. The smallest absolute Gasteiger partial charge is 0.197 e. The fourth-order valence-corrected chi connectivity index (χ4v) is 2.18. The van der Waals surface area contributed by atoms with E-state index in [9.17, 15) is 4.79 Å². The van der Waals surface area contributed by atoms with Crippen LogP contribution in [0.4, 0.5) is 0 Å². The molecule has 0 heterocycles. The van der Waals surface area contributed by atoms with Crippen molar-refractivity contribution in [2.45, 2.75) is 51.6 Å². The maximum atomic E-state index is 11.7. The van der Waals surface area contributed by atoms with E-state index in [-0.39, 0.29) is 11.9 Å². The molecule has 0 aromatic heterocycles. The van der Waals surface area contributed by atoms with Crippen molar-refractivity contribution in [2.75, 3.05) is 0 Å². The van der Waals surface area contributed by atoms with Crippen LogP contribution in [0.5, 0.6) is 0 Å². The minimum absolute atomic E-state index is 0.130. The van der Waals surface area contributed by atoms with Crippen LogP contribution in [0.3, 0.4) is 0 Å². The molecule has 2 heteroatoms. The van der Waals surface area contributed by atoms with Gasteiger partial charge in [-0.05, 0) is 50.7 Å². The second-order valence-electron chi connectivity index (χ2n) is 4.40. The molecule has 15 heavy (non-hydrogen) atoms. The quantitative estimate of drug-likeness (QED) is 0.649. The van der Waals surface area contributed by atoms with Gasteiger partial charge in [0.05, 0.1) is 0 Å². The minimum atomic E-state index is 0.130. The number of ether oxygens (including phenoxy) is 1. The SMILES string of the molecule is CC1=C(O[C@H]2C=CCCC2)C(=O)CCC1. The molecule has 0 aliphatic heterocycles. The van der Waals surface area contributed by atoms with Gasteiger partial charge in [-0.15, -0.1) is 0 Å². The Bertz CT molecular complexity index is 312. The number of hydrogen-bond acceptors (Lipinski definition) is 2. The molecule has 0 radical (unpaired) electrons. The van der Waals surface area contributed by atoms with Gasteiger partial charge in [0.2, 0.25) is 0 Å². The first-order valence-corrected chi connectivity index (χ1v) is 5.83. The Labute approximate surface area is 91.0 Å². The summed E-state index contributed by atoms with van der Waals surface area (Å²) in [6.07, 6.45) is 10.4. The molecule has 0 amide bonds. The number of Topliss-reactive ketones (excluding diaryl/α,β-unsaturated/α-hetero) is 1. The van der Waals surface area contributed by atoms with E-state index < -0.39 is 0 Å². The van der Waals surface area contributed by atoms with Crippen LogP contribution in [0.25, 0.3) is 0 Å². The molecule has 0 spiro atoms. The zero-order valence-corrected chi connectivity index (χ0v) is 9.29. The molecule has 2 rings (SSSR count). The average molecular weight is 206 g/mol. The third-order valence-corrected chi connectivity index (χ3v) is 3.08. The summed E-state index contributed by atoms with van der Waals surface area (Å²) in [5.41, 5.74) is 1.13. The third-order valence-electron chi connectivity index (χ3n) is 3.08. The summed E-state index contributed by atoms with van der Waals surface area (Å²) in [4.78, 5) is 11.7. The topological polar surface area (TPSA) is 26.3 Å². The maximum Gasteiger partial charge on any atom is 0.197 e. The molecule has 1 atom stereocenters. The van der Waals surface area contributed by atoms with E-state index in [1.165, 1.54) is 6.42 Å². The van der Waals surface area contributed by atoms with Crippen molar-refractivity contribution in [3.05, 3.63) is 23.5 Å². The molecular formula is C13H18O2. The lowest BCUT2D eigenvalue weighted by molar-refractivity contribution is -0.120. The first-order chi connectivity index (χ1) is 7.27. The maximum absolute atomic E-state index is 11.7. The summed E-state index contributed by atoms with van der Waals surface area (Å²) in [6, 6.07) is 0. The fraction of sp³-hybridized carbons (Fsp3) is 0.615. The molecule has 0 saturated carbocycles. The van der Waals surface area contributed by atoms with Crippen molar-refractivity contribution in [2.24, 2.45) is 0 Å². The van der Waals surface area contributed by atoms with Crippen molar-refractivity contribution in [3.63, 3.8) is 0 Å². The molecule has 0 N–H and O–H groups in total. The molecule has 82 valence electrons. The van der Waals surface area contributed by atoms with Crippen LogP contribution in [0.15, 0.2) is 23.5 Å². The molecule has 0 saturated heterocycles. The van der Waals surface area contributed by atoms with Crippen LogP contribution in [-0.2, 0) is 9.53 Å². The molecule has 0 aromatic carbocycles. The largest absolute Gasteiger partial charge is 0.483 e. The highest BCUT2D eigenvalue weighted by Crippen LogP contribution is 2.25. The lowest BCUT2D eigenvalue weighted by Gasteiger charge is -2.23. The minimum Gasteiger partial charge on any atom is -0.483 e. The number of ketones is 1. The first-order valence-electron chi connectivity index (χ1n) is 5.83. The van der Waals surface area contributed by atoms with Crippen LogP contribution < -0.4 is 0 Å². The summed E-state index contributed by atoms with van der Waals surface area (Å²) in [7, 11) is 0. The normalized spacial score (nSPS) is 27.0. The Hall–Kier alpha value is -1.05. The summed E-state index contributed by atoms with van der Waals surface area (Å²) in [6.45, 7) is 2.01. The average Bonchev–Trinajstić information content (AvgIpc) is 2.25. The van der Waals surface area contributed by atoms with Gasteiger partial charge in [0.1, 0.15) is 6.10 Å². The first kappa shape index (κ1) is 10.5. The van der Waals surface area contributed by atoms with Gasteiger partial charge in [-0.2, -0.15) is 0 Å². The predicted octanol–water partition coefficient (Wildman–Crippen LogP) is 3.14. The van der Waals surface area contributed by atoms with Crippen LogP contribution >= 0.6 is 0 Å². The Morgan fingerprint density at radius 1 is 1.33 bits per heavy atom. The van der Waals surface area contributed by atoms with Gasteiger partial charge < -0.3 is 4.74 Å². The summed E-state index contributed by atoms with van der Waals surface area (Å²) < 4.78 is 5.80. The van der Waals surface area contributed by atoms with E-state index in [0.29, 0.717) is 12.2 Å². The van der Waals surface area contributed by atoms with Gasteiger partial charge in [-0.3, -0.25) is 4.79 Å². The molecule has 2 aliphatic rings. The second kappa shape index (κ2) is 4.65. The zero-order valence-electron chi connectivity index (χ0n) is 9.29. The van der Waals surface area contributed by atoms with Crippen molar-refractivity contribution in [1.82, 2.24) is 0 Å². The molecular weight excluding hydrogens is 188 g/mol. The molecule has 2 nitrogen and oxygen atoms in total. The van der Waals surface area contributed by atoms with Crippen LogP contribution in [0.1, 0.15) is 45.4 Å². The Morgan fingerprint density at radius 3 is 2.87 bits per heavy atom. The van der Waals surface area contributed by atoms with Gasteiger partial charge in [-0.25, -0.2) is 0 Å². The number of carbonyl (C=O) groups excluding carboxylic acids is 1. The van der Waals surface area contributed by atoms with E-state index in [4.69, 9.17) is 4.74 Å². The van der Waals surface area contributed by atoms with Gasteiger partial charge in [-0.1, -0.05) is 6.08 Å². The fourth-order valence-electron chi connectivity index (χ4n) is 2.18. The van der Waals surface area contributed by atoms with E-state index in [0.717, 1.165) is 31.3 Å². The molecule has 0 unspecified atom stereocenters. The van der Waals surface area contributed by atoms with Crippen LogP contribution in [0.2, 0.25) is 0 Å². The molecule has 0 fully saturated rings. The summed E-state index contributed by atoms with van der Waals surface area (Å²) in [5, 5.41) is 0.